The van der Waals surface area contributed by atoms with Gasteiger partial charge in [-0.1, -0.05) is 18.2 Å². The summed E-state index contributed by atoms with van der Waals surface area (Å²) >= 11 is 0. The van der Waals surface area contributed by atoms with E-state index in [0.29, 0.717) is 18.7 Å². The van der Waals surface area contributed by atoms with Crippen LogP contribution in [0.5, 0.6) is 0 Å². The van der Waals surface area contributed by atoms with Gasteiger partial charge >= 0.3 is 0 Å². The summed E-state index contributed by atoms with van der Waals surface area (Å²) in [6, 6.07) is 11.9. The maximum Gasteiger partial charge on any atom is 0.254 e. The molecule has 6 nitrogen and oxygen atoms in total. The highest BCUT2D eigenvalue weighted by atomic mass is 16.1. The summed E-state index contributed by atoms with van der Waals surface area (Å²) in [4.78, 5) is 16.6. The molecule has 0 fully saturated rings. The normalized spacial score (nSPS) is 10.7. The van der Waals surface area contributed by atoms with Crippen LogP contribution in [0.3, 0.4) is 0 Å². The first-order chi connectivity index (χ1) is 11.1. The first kappa shape index (κ1) is 15.0. The monoisotopic (exact) mass is 309 g/mol. The summed E-state index contributed by atoms with van der Waals surface area (Å²) in [5, 5.41) is 11.3. The number of carbonyl (C=O) groups excluding carboxylic acids is 1. The van der Waals surface area contributed by atoms with Gasteiger partial charge in [0.2, 0.25) is 0 Å². The summed E-state index contributed by atoms with van der Waals surface area (Å²) in [6.45, 7) is 3.00. The van der Waals surface area contributed by atoms with Crippen LogP contribution in [-0.2, 0) is 7.05 Å². The lowest BCUT2D eigenvalue weighted by Gasteiger charge is -2.08. The van der Waals surface area contributed by atoms with Gasteiger partial charge in [-0.15, -0.1) is 0 Å². The molecule has 3 rings (SSSR count). The number of hydrogen-bond donors (Lipinski definition) is 2. The Morgan fingerprint density at radius 2 is 2.00 bits per heavy atom. The van der Waals surface area contributed by atoms with Gasteiger partial charge in [0.05, 0.1) is 17.3 Å². The Kier molecular flexibility index (Phi) is 4.23. The first-order valence-corrected chi connectivity index (χ1v) is 7.51. The summed E-state index contributed by atoms with van der Waals surface area (Å²) in [5.74, 6) is 0.694. The number of para-hydroxylation sites is 1. The van der Waals surface area contributed by atoms with Crippen molar-refractivity contribution in [2.75, 3.05) is 18.4 Å². The second kappa shape index (κ2) is 6.48. The van der Waals surface area contributed by atoms with Crippen LogP contribution in [0.1, 0.15) is 16.1 Å². The lowest BCUT2D eigenvalue weighted by atomic mass is 10.2. The number of amides is 1. The highest BCUT2D eigenvalue weighted by Gasteiger charge is 2.11. The number of anilines is 1. The fourth-order valence-corrected chi connectivity index (χ4v) is 2.35. The fourth-order valence-electron chi connectivity index (χ4n) is 2.35. The molecule has 0 aliphatic carbocycles. The Bertz CT molecular complexity index is 840. The largest absolute Gasteiger partial charge is 0.368 e. The zero-order valence-corrected chi connectivity index (χ0v) is 13.2. The Morgan fingerprint density at radius 1 is 1.17 bits per heavy atom. The van der Waals surface area contributed by atoms with E-state index in [-0.39, 0.29) is 5.91 Å². The molecule has 0 unspecified atom stereocenters. The third kappa shape index (κ3) is 3.31. The van der Waals surface area contributed by atoms with Crippen molar-refractivity contribution in [2.45, 2.75) is 6.92 Å². The third-order valence-electron chi connectivity index (χ3n) is 3.79. The summed E-state index contributed by atoms with van der Waals surface area (Å²) in [5.41, 5.74) is 2.41. The quantitative estimate of drug-likeness (QED) is 0.708. The Labute approximate surface area is 134 Å². The van der Waals surface area contributed by atoms with E-state index in [1.54, 1.807) is 10.9 Å². The molecule has 2 N–H and O–H groups in total. The molecule has 0 aliphatic heterocycles. The molecule has 3 aromatic rings. The van der Waals surface area contributed by atoms with E-state index >= 15 is 0 Å². The minimum atomic E-state index is -0.108. The Morgan fingerprint density at radius 3 is 2.78 bits per heavy atom. The van der Waals surface area contributed by atoms with Crippen LogP contribution in [-0.4, -0.2) is 33.8 Å². The van der Waals surface area contributed by atoms with Crippen LogP contribution in [0.4, 0.5) is 5.82 Å². The predicted octanol–water partition coefficient (Wildman–Crippen LogP) is 2.12. The van der Waals surface area contributed by atoms with Crippen LogP contribution in [0.25, 0.3) is 10.9 Å². The number of rotatable bonds is 5. The van der Waals surface area contributed by atoms with Crippen molar-refractivity contribution in [3.05, 3.63) is 53.9 Å². The molecule has 23 heavy (non-hydrogen) atoms. The highest BCUT2D eigenvalue weighted by molar-refractivity contribution is 5.95. The molecule has 0 saturated carbocycles. The standard InChI is InChI=1S/C17H19N5O/c1-12-14(11-20-22(12)2)17(23)19-10-9-18-16-8-7-13-5-3-4-6-15(13)21-16/h3-8,11H,9-10H2,1-2H3,(H,18,21)(H,19,23). The molecule has 0 spiro atoms. The molecular weight excluding hydrogens is 290 g/mol. The van der Waals surface area contributed by atoms with Gasteiger partial charge in [-0.25, -0.2) is 4.98 Å². The molecule has 2 aromatic heterocycles. The molecule has 6 heteroatoms. The Hall–Kier alpha value is -2.89. The molecular formula is C17H19N5O. The number of carbonyl (C=O) groups is 1. The van der Waals surface area contributed by atoms with E-state index in [1.807, 2.05) is 50.4 Å². The molecule has 1 aromatic carbocycles. The van der Waals surface area contributed by atoms with Crippen molar-refractivity contribution in [3.8, 4) is 0 Å². The van der Waals surface area contributed by atoms with E-state index in [0.717, 1.165) is 22.4 Å². The second-order valence-corrected chi connectivity index (χ2v) is 5.34. The molecule has 0 aliphatic rings. The van der Waals surface area contributed by atoms with Crippen molar-refractivity contribution in [2.24, 2.45) is 7.05 Å². The number of nitrogens with one attached hydrogen (secondary N) is 2. The molecule has 0 atom stereocenters. The van der Waals surface area contributed by atoms with Crippen molar-refractivity contribution in [1.82, 2.24) is 20.1 Å². The molecule has 1 amide bonds. The summed E-state index contributed by atoms with van der Waals surface area (Å²) in [6.07, 6.45) is 1.59. The smallest absolute Gasteiger partial charge is 0.254 e. The van der Waals surface area contributed by atoms with Crippen molar-refractivity contribution in [1.29, 1.82) is 0 Å². The van der Waals surface area contributed by atoms with E-state index < -0.39 is 0 Å². The second-order valence-electron chi connectivity index (χ2n) is 5.34. The van der Waals surface area contributed by atoms with Gasteiger partial charge in [-0.3, -0.25) is 9.48 Å². The van der Waals surface area contributed by atoms with Crippen LogP contribution in [0.15, 0.2) is 42.6 Å². The lowest BCUT2D eigenvalue weighted by molar-refractivity contribution is 0.0954. The number of fused-ring (bicyclic) bond motifs is 1. The first-order valence-electron chi connectivity index (χ1n) is 7.51. The third-order valence-corrected chi connectivity index (χ3v) is 3.79. The van der Waals surface area contributed by atoms with E-state index in [9.17, 15) is 4.79 Å². The minimum absolute atomic E-state index is 0.108. The van der Waals surface area contributed by atoms with Gasteiger partial charge in [0.1, 0.15) is 5.82 Å². The minimum Gasteiger partial charge on any atom is -0.368 e. The van der Waals surface area contributed by atoms with Gasteiger partial charge in [-0.2, -0.15) is 5.10 Å². The summed E-state index contributed by atoms with van der Waals surface area (Å²) in [7, 11) is 1.82. The van der Waals surface area contributed by atoms with Gasteiger partial charge in [-0.05, 0) is 25.1 Å². The number of aryl methyl sites for hydroxylation is 1. The zero-order chi connectivity index (χ0) is 16.2. The fraction of sp³-hybridized carbons (Fsp3) is 0.235. The molecule has 0 radical (unpaired) electrons. The van der Waals surface area contributed by atoms with Gasteiger partial charge in [0.15, 0.2) is 0 Å². The van der Waals surface area contributed by atoms with Crippen LogP contribution in [0, 0.1) is 6.92 Å². The molecule has 0 saturated heterocycles. The highest BCUT2D eigenvalue weighted by Crippen LogP contribution is 2.14. The molecule has 0 bridgehead atoms. The Balaban J connectivity index is 1.52. The topological polar surface area (TPSA) is 71.8 Å². The maximum atomic E-state index is 12.1. The maximum absolute atomic E-state index is 12.1. The van der Waals surface area contributed by atoms with Gasteiger partial charge in [0, 0.05) is 31.2 Å². The number of hydrogen-bond acceptors (Lipinski definition) is 4. The van der Waals surface area contributed by atoms with Crippen molar-refractivity contribution < 1.29 is 4.79 Å². The molecule has 2 heterocycles. The average molecular weight is 309 g/mol. The number of benzene rings is 1. The van der Waals surface area contributed by atoms with Crippen LogP contribution < -0.4 is 10.6 Å². The molecule has 118 valence electrons. The number of aromatic nitrogens is 3. The van der Waals surface area contributed by atoms with Gasteiger partial charge in [0.25, 0.3) is 5.91 Å². The SMILES string of the molecule is Cc1c(C(=O)NCCNc2ccc3ccccc3n2)cnn1C. The van der Waals surface area contributed by atoms with E-state index in [4.69, 9.17) is 0 Å². The van der Waals surface area contributed by atoms with Crippen LogP contribution in [0.2, 0.25) is 0 Å². The predicted molar refractivity (Wildman–Crippen MR) is 90.5 cm³/mol. The van der Waals surface area contributed by atoms with Crippen molar-refractivity contribution >= 4 is 22.6 Å². The lowest BCUT2D eigenvalue weighted by Crippen LogP contribution is -2.29. The summed E-state index contributed by atoms with van der Waals surface area (Å²) < 4.78 is 1.69. The van der Waals surface area contributed by atoms with Crippen molar-refractivity contribution in [3.63, 3.8) is 0 Å². The zero-order valence-electron chi connectivity index (χ0n) is 13.2. The average Bonchev–Trinajstić information content (AvgIpc) is 2.91. The number of nitrogens with zero attached hydrogens (tertiary/aromatic N) is 3. The van der Waals surface area contributed by atoms with Crippen LogP contribution >= 0.6 is 0 Å². The number of pyridine rings is 1. The van der Waals surface area contributed by atoms with Gasteiger partial charge < -0.3 is 10.6 Å². The van der Waals surface area contributed by atoms with E-state index in [1.165, 1.54) is 0 Å². The van der Waals surface area contributed by atoms with E-state index in [2.05, 4.69) is 20.7 Å².